The van der Waals surface area contributed by atoms with Gasteiger partial charge in [0.15, 0.2) is 12.7 Å². The van der Waals surface area contributed by atoms with Crippen LogP contribution in [0, 0.1) is 5.82 Å². The smallest absolute Gasteiger partial charge is 0.262 e. The molecule has 148 valence electrons. The Hall–Kier alpha value is -2.80. The molecule has 0 aromatic heterocycles. The van der Waals surface area contributed by atoms with Gasteiger partial charge in [-0.1, -0.05) is 11.6 Å². The summed E-state index contributed by atoms with van der Waals surface area (Å²) in [6.07, 6.45) is 2.06. The highest BCUT2D eigenvalue weighted by atomic mass is 35.5. The summed E-state index contributed by atoms with van der Waals surface area (Å²) in [4.78, 5) is 23.9. The van der Waals surface area contributed by atoms with Crippen LogP contribution in [0.2, 0.25) is 5.02 Å². The van der Waals surface area contributed by atoms with Crippen LogP contribution >= 0.6 is 11.6 Å². The van der Waals surface area contributed by atoms with Crippen molar-refractivity contribution in [3.05, 3.63) is 53.3 Å². The van der Waals surface area contributed by atoms with Gasteiger partial charge in [0.05, 0.1) is 5.02 Å². The number of amides is 2. The molecule has 0 spiro atoms. The molecule has 0 saturated carbocycles. The highest BCUT2D eigenvalue weighted by Gasteiger charge is 2.22. The van der Waals surface area contributed by atoms with Crippen LogP contribution in [0.1, 0.15) is 19.3 Å². The van der Waals surface area contributed by atoms with Crippen molar-refractivity contribution in [3.8, 4) is 11.5 Å². The zero-order valence-electron chi connectivity index (χ0n) is 15.0. The van der Waals surface area contributed by atoms with Crippen LogP contribution in [0.25, 0.3) is 0 Å². The summed E-state index contributed by atoms with van der Waals surface area (Å²) < 4.78 is 24.3. The van der Waals surface area contributed by atoms with E-state index in [4.69, 9.17) is 21.1 Å². The maximum atomic E-state index is 13.1. The van der Waals surface area contributed by atoms with Gasteiger partial charge in [-0.25, -0.2) is 4.39 Å². The number of nitrogens with one attached hydrogen (secondary N) is 2. The van der Waals surface area contributed by atoms with Crippen LogP contribution in [0.15, 0.2) is 42.5 Å². The first kappa shape index (κ1) is 19.9. The van der Waals surface area contributed by atoms with E-state index in [0.717, 1.165) is 12.8 Å². The molecule has 3 rings (SSSR count). The standard InChI is InChI=1S/C20H20ClFN2O4/c21-16-11-13(4-9-17(16)22)24-19(25)12-27-14-5-7-15(8-6-14)28-18-3-1-2-10-23-20(18)26/h4-9,11,18H,1-3,10,12H2,(H,23,26)(H,24,25)/t18-/m1/s1. The topological polar surface area (TPSA) is 76.7 Å². The third-order valence-corrected chi connectivity index (χ3v) is 4.45. The van der Waals surface area contributed by atoms with Gasteiger partial charge in [0.1, 0.15) is 17.3 Å². The molecule has 0 unspecified atom stereocenters. The lowest BCUT2D eigenvalue weighted by atomic mass is 10.2. The number of hydrogen-bond donors (Lipinski definition) is 2. The summed E-state index contributed by atoms with van der Waals surface area (Å²) in [5.74, 6) is -0.0298. The highest BCUT2D eigenvalue weighted by molar-refractivity contribution is 6.31. The number of carbonyl (C=O) groups is 2. The van der Waals surface area contributed by atoms with Gasteiger partial charge in [-0.15, -0.1) is 0 Å². The number of halogens is 2. The predicted molar refractivity (Wildman–Crippen MR) is 103 cm³/mol. The molecule has 1 fully saturated rings. The fourth-order valence-electron chi connectivity index (χ4n) is 2.72. The first-order chi connectivity index (χ1) is 13.5. The SMILES string of the molecule is O=C(COc1ccc(O[C@@H]2CCCCNC2=O)cc1)Nc1ccc(F)c(Cl)c1. The number of anilines is 1. The van der Waals surface area contributed by atoms with Crippen molar-refractivity contribution in [3.63, 3.8) is 0 Å². The first-order valence-electron chi connectivity index (χ1n) is 8.93. The Labute approximate surface area is 167 Å². The number of rotatable bonds is 6. The molecule has 0 bridgehead atoms. The van der Waals surface area contributed by atoms with Crippen molar-refractivity contribution in [1.29, 1.82) is 0 Å². The van der Waals surface area contributed by atoms with Crippen molar-refractivity contribution < 1.29 is 23.5 Å². The molecule has 1 aliphatic rings. The van der Waals surface area contributed by atoms with Crippen LogP contribution < -0.4 is 20.1 Å². The summed E-state index contributed by atoms with van der Waals surface area (Å²) in [5.41, 5.74) is 0.380. The van der Waals surface area contributed by atoms with Crippen molar-refractivity contribution in [2.45, 2.75) is 25.4 Å². The van der Waals surface area contributed by atoms with Crippen LogP contribution in [0.5, 0.6) is 11.5 Å². The molecule has 0 radical (unpaired) electrons. The maximum Gasteiger partial charge on any atom is 0.262 e. The second-order valence-corrected chi connectivity index (χ2v) is 6.74. The van der Waals surface area contributed by atoms with Crippen molar-refractivity contribution in [1.82, 2.24) is 5.32 Å². The van der Waals surface area contributed by atoms with Gasteiger partial charge < -0.3 is 20.1 Å². The lowest BCUT2D eigenvalue weighted by molar-refractivity contribution is -0.127. The van der Waals surface area contributed by atoms with E-state index in [9.17, 15) is 14.0 Å². The molecule has 1 heterocycles. The monoisotopic (exact) mass is 406 g/mol. The molecule has 0 aliphatic carbocycles. The third kappa shape index (κ3) is 5.60. The molecular weight excluding hydrogens is 387 g/mol. The Morgan fingerprint density at radius 1 is 1.18 bits per heavy atom. The van der Waals surface area contributed by atoms with Crippen LogP contribution in [-0.4, -0.2) is 31.1 Å². The summed E-state index contributed by atoms with van der Waals surface area (Å²) in [7, 11) is 0. The summed E-state index contributed by atoms with van der Waals surface area (Å²) in [6, 6.07) is 10.6. The zero-order valence-corrected chi connectivity index (χ0v) is 15.8. The Morgan fingerprint density at radius 2 is 1.93 bits per heavy atom. The Balaban J connectivity index is 1.49. The van der Waals surface area contributed by atoms with Gasteiger partial charge in [0.25, 0.3) is 11.8 Å². The second-order valence-electron chi connectivity index (χ2n) is 6.33. The normalized spacial score (nSPS) is 16.6. The Morgan fingerprint density at radius 3 is 2.68 bits per heavy atom. The summed E-state index contributed by atoms with van der Waals surface area (Å²) in [5, 5.41) is 5.32. The largest absolute Gasteiger partial charge is 0.484 e. The average molecular weight is 407 g/mol. The van der Waals surface area contributed by atoms with E-state index in [2.05, 4.69) is 10.6 Å². The van der Waals surface area contributed by atoms with E-state index in [-0.39, 0.29) is 17.5 Å². The molecule has 2 amide bonds. The van der Waals surface area contributed by atoms with Crippen LogP contribution in [-0.2, 0) is 9.59 Å². The third-order valence-electron chi connectivity index (χ3n) is 4.16. The van der Waals surface area contributed by atoms with Crippen molar-refractivity contribution in [2.75, 3.05) is 18.5 Å². The number of carbonyl (C=O) groups excluding carboxylic acids is 2. The number of benzene rings is 2. The predicted octanol–water partition coefficient (Wildman–Crippen LogP) is 3.54. The Bertz CT molecular complexity index is 845. The van der Waals surface area contributed by atoms with E-state index >= 15 is 0 Å². The van der Waals surface area contributed by atoms with E-state index in [1.54, 1.807) is 24.3 Å². The molecular formula is C20H20ClFN2O4. The summed E-state index contributed by atoms with van der Waals surface area (Å²) in [6.45, 7) is 0.456. The van der Waals surface area contributed by atoms with E-state index in [0.29, 0.717) is 30.2 Å². The van der Waals surface area contributed by atoms with Gasteiger partial charge in [-0.3, -0.25) is 9.59 Å². The Kier molecular flexibility index (Phi) is 6.71. The van der Waals surface area contributed by atoms with Gasteiger partial charge in [-0.2, -0.15) is 0 Å². The number of hydrogen-bond acceptors (Lipinski definition) is 4. The zero-order chi connectivity index (χ0) is 19.9. The highest BCUT2D eigenvalue weighted by Crippen LogP contribution is 2.21. The molecule has 28 heavy (non-hydrogen) atoms. The quantitative estimate of drug-likeness (QED) is 0.769. The molecule has 2 aromatic rings. The fraction of sp³-hybridized carbons (Fsp3) is 0.300. The molecule has 6 nitrogen and oxygen atoms in total. The summed E-state index contributed by atoms with van der Waals surface area (Å²) >= 11 is 5.68. The van der Waals surface area contributed by atoms with Gasteiger partial charge >= 0.3 is 0 Å². The lowest BCUT2D eigenvalue weighted by Crippen LogP contribution is -2.36. The molecule has 1 aliphatic heterocycles. The van der Waals surface area contributed by atoms with Gasteiger partial charge in [0.2, 0.25) is 0 Å². The first-order valence-corrected chi connectivity index (χ1v) is 9.31. The van der Waals surface area contributed by atoms with Crippen LogP contribution in [0.3, 0.4) is 0 Å². The van der Waals surface area contributed by atoms with E-state index < -0.39 is 17.8 Å². The fourth-order valence-corrected chi connectivity index (χ4v) is 2.90. The molecule has 2 aromatic carbocycles. The molecule has 1 saturated heterocycles. The van der Waals surface area contributed by atoms with Crippen molar-refractivity contribution >= 4 is 29.1 Å². The van der Waals surface area contributed by atoms with Gasteiger partial charge in [-0.05, 0) is 61.7 Å². The minimum atomic E-state index is -0.556. The molecule has 2 N–H and O–H groups in total. The van der Waals surface area contributed by atoms with Gasteiger partial charge in [0, 0.05) is 12.2 Å². The van der Waals surface area contributed by atoms with E-state index in [1.165, 1.54) is 18.2 Å². The maximum absolute atomic E-state index is 13.1. The van der Waals surface area contributed by atoms with Crippen molar-refractivity contribution in [2.24, 2.45) is 0 Å². The second kappa shape index (κ2) is 9.41. The molecule has 1 atom stereocenters. The minimum absolute atomic E-state index is 0.0725. The van der Waals surface area contributed by atoms with E-state index in [1.807, 2.05) is 0 Å². The minimum Gasteiger partial charge on any atom is -0.484 e. The lowest BCUT2D eigenvalue weighted by Gasteiger charge is -2.16. The molecule has 8 heteroatoms. The van der Waals surface area contributed by atoms with Crippen LogP contribution in [0.4, 0.5) is 10.1 Å². The average Bonchev–Trinajstić information content (AvgIpc) is 2.88. The number of ether oxygens (including phenoxy) is 2.